The van der Waals surface area contributed by atoms with Gasteiger partial charge in [-0.25, -0.2) is 0 Å². The average Bonchev–Trinajstić information content (AvgIpc) is 3.26. The first-order chi connectivity index (χ1) is 19.7. The maximum Gasteiger partial charge on any atom is 0.309 e. The largest absolute Gasteiger partial charge is 0.481 e. The Morgan fingerprint density at radius 2 is 1.47 bits per heavy atom. The van der Waals surface area contributed by atoms with Gasteiger partial charge in [-0.1, -0.05) is 62.3 Å². The lowest BCUT2D eigenvalue weighted by Crippen LogP contribution is -2.67. The Morgan fingerprint density at radius 1 is 0.791 bits per heavy atom. The molecule has 43 heavy (non-hydrogen) atoms. The zero-order valence-corrected chi connectivity index (χ0v) is 28.6. The summed E-state index contributed by atoms with van der Waals surface area (Å²) in [6.45, 7) is 20.6. The van der Waals surface area contributed by atoms with Crippen molar-refractivity contribution in [2.24, 2.45) is 68.0 Å². The monoisotopic (exact) mass is 600 g/mol. The van der Waals surface area contributed by atoms with Crippen molar-refractivity contribution < 1.29 is 29.3 Å². The zero-order chi connectivity index (χ0) is 32.0. The molecule has 6 heteroatoms. The van der Waals surface area contributed by atoms with Crippen molar-refractivity contribution in [3.8, 4) is 0 Å². The smallest absolute Gasteiger partial charge is 0.309 e. The summed E-state index contributed by atoms with van der Waals surface area (Å²) in [4.78, 5) is 37.3. The van der Waals surface area contributed by atoms with Crippen molar-refractivity contribution in [3.05, 3.63) is 0 Å². The molecule has 0 aromatic carbocycles. The van der Waals surface area contributed by atoms with Gasteiger partial charge in [0.1, 0.15) is 6.10 Å². The highest BCUT2D eigenvalue weighted by atomic mass is 16.5. The molecule has 0 heterocycles. The number of carboxylic acids is 2. The minimum Gasteiger partial charge on any atom is -0.481 e. The Morgan fingerprint density at radius 3 is 2.07 bits per heavy atom. The van der Waals surface area contributed by atoms with Crippen LogP contribution in [0.3, 0.4) is 0 Å². The molecule has 0 aromatic rings. The van der Waals surface area contributed by atoms with Crippen LogP contribution in [0, 0.1) is 68.0 Å². The summed E-state index contributed by atoms with van der Waals surface area (Å²) in [5.74, 6) is 1.07. The molecule has 5 fully saturated rings. The van der Waals surface area contributed by atoms with E-state index in [1.807, 2.05) is 13.8 Å². The maximum atomic E-state index is 13.1. The summed E-state index contributed by atoms with van der Waals surface area (Å²) in [6.07, 6.45) is 10.1. The SMILES string of the molecule is CC(C)C1CC[C@]2(C(=O)O)CC[C@]3(C)C(CCC4[C@@]5(C)CC[C@H](OC(=O)CC(C)(C)CC(=O)O)C(C)(C)C5CC[C@]43C)C12. The topological polar surface area (TPSA) is 101 Å². The first-order valence-corrected chi connectivity index (χ1v) is 17.4. The Hall–Kier alpha value is -1.59. The number of rotatable bonds is 7. The number of aliphatic carboxylic acids is 2. The van der Waals surface area contributed by atoms with E-state index < -0.39 is 22.8 Å². The molecule has 0 bridgehead atoms. The van der Waals surface area contributed by atoms with Gasteiger partial charge in [0.25, 0.3) is 0 Å². The predicted octanol–water partition coefficient (Wildman–Crippen LogP) is 8.61. The minimum absolute atomic E-state index is 0.0523. The standard InChI is InChI=1S/C37H60O6/c1-22(2)23-12-17-37(31(41)42)19-18-35(8)24(30(23)37)10-11-26-34(7)15-14-27(33(5,6)25(34)13-16-36(26,35)9)43-29(40)21-32(3,4)20-28(38)39/h22-27,30H,10-21H2,1-9H3,(H,38,39)(H,41,42)/t23?,24?,25?,26?,27-,30?,34-,35+,36+,37-/m0/s1. The van der Waals surface area contributed by atoms with Gasteiger partial charge in [0.2, 0.25) is 0 Å². The second-order valence-electron chi connectivity index (χ2n) is 18.4. The van der Waals surface area contributed by atoms with Gasteiger partial charge in [-0.05, 0) is 121 Å². The van der Waals surface area contributed by atoms with Gasteiger partial charge in [0.15, 0.2) is 0 Å². The van der Waals surface area contributed by atoms with Gasteiger partial charge in [-0.15, -0.1) is 0 Å². The molecule has 10 atom stereocenters. The van der Waals surface area contributed by atoms with Crippen molar-refractivity contribution in [3.63, 3.8) is 0 Å². The molecule has 0 aliphatic heterocycles. The van der Waals surface area contributed by atoms with Crippen LogP contribution < -0.4 is 0 Å². The molecule has 244 valence electrons. The van der Waals surface area contributed by atoms with Crippen LogP contribution in [0.1, 0.15) is 139 Å². The van der Waals surface area contributed by atoms with E-state index in [1.165, 1.54) is 6.42 Å². The number of carbonyl (C=O) groups is 3. The van der Waals surface area contributed by atoms with E-state index in [4.69, 9.17) is 4.74 Å². The number of carboxylic acid groups (broad SMARTS) is 2. The summed E-state index contributed by atoms with van der Waals surface area (Å²) in [6, 6.07) is 0. The van der Waals surface area contributed by atoms with Crippen LogP contribution in [0.4, 0.5) is 0 Å². The van der Waals surface area contributed by atoms with E-state index in [2.05, 4.69) is 48.5 Å². The molecule has 5 unspecified atom stereocenters. The van der Waals surface area contributed by atoms with Crippen molar-refractivity contribution in [2.75, 3.05) is 0 Å². The molecule has 0 radical (unpaired) electrons. The summed E-state index contributed by atoms with van der Waals surface area (Å²) in [5.41, 5.74) is -0.900. The minimum atomic E-state index is -0.889. The average molecular weight is 601 g/mol. The second-order valence-corrected chi connectivity index (χ2v) is 18.4. The highest BCUT2D eigenvalue weighted by molar-refractivity contribution is 5.76. The molecule has 2 N–H and O–H groups in total. The number of hydrogen-bond acceptors (Lipinski definition) is 4. The summed E-state index contributed by atoms with van der Waals surface area (Å²) >= 11 is 0. The maximum absolute atomic E-state index is 13.1. The zero-order valence-electron chi connectivity index (χ0n) is 28.6. The van der Waals surface area contributed by atoms with Crippen molar-refractivity contribution in [2.45, 2.75) is 145 Å². The Labute approximate surface area is 260 Å². The third-order valence-corrected chi connectivity index (χ3v) is 15.2. The van der Waals surface area contributed by atoms with Gasteiger partial charge in [0, 0.05) is 5.41 Å². The van der Waals surface area contributed by atoms with Gasteiger partial charge in [0.05, 0.1) is 18.3 Å². The normalized spacial score (nSPS) is 45.3. The van der Waals surface area contributed by atoms with E-state index in [1.54, 1.807) is 0 Å². The van der Waals surface area contributed by atoms with Crippen LogP contribution in [-0.4, -0.2) is 34.2 Å². The van der Waals surface area contributed by atoms with Crippen LogP contribution >= 0.6 is 0 Å². The lowest BCUT2D eigenvalue weighted by Gasteiger charge is -2.72. The van der Waals surface area contributed by atoms with Crippen molar-refractivity contribution in [1.29, 1.82) is 0 Å². The molecule has 5 aliphatic rings. The van der Waals surface area contributed by atoms with Gasteiger partial charge < -0.3 is 14.9 Å². The molecular weight excluding hydrogens is 540 g/mol. The fourth-order valence-electron chi connectivity index (χ4n) is 13.0. The molecule has 0 amide bonds. The fraction of sp³-hybridized carbons (Fsp3) is 0.919. The number of hydrogen-bond donors (Lipinski definition) is 2. The molecule has 0 aromatic heterocycles. The number of carbonyl (C=O) groups excluding carboxylic acids is 1. The van der Waals surface area contributed by atoms with Gasteiger partial charge in [-0.2, -0.15) is 0 Å². The van der Waals surface area contributed by atoms with E-state index in [-0.39, 0.29) is 52.5 Å². The summed E-state index contributed by atoms with van der Waals surface area (Å²) in [7, 11) is 0. The molecule has 5 saturated carbocycles. The molecule has 5 aliphatic carbocycles. The Kier molecular flexibility index (Phi) is 7.99. The molecule has 6 nitrogen and oxygen atoms in total. The second kappa shape index (κ2) is 10.5. The number of ether oxygens (including phenoxy) is 1. The summed E-state index contributed by atoms with van der Waals surface area (Å²) in [5, 5.41) is 19.9. The molecular formula is C37H60O6. The summed E-state index contributed by atoms with van der Waals surface area (Å²) < 4.78 is 6.21. The van der Waals surface area contributed by atoms with E-state index in [0.717, 1.165) is 57.8 Å². The number of esters is 1. The van der Waals surface area contributed by atoms with Crippen molar-refractivity contribution >= 4 is 17.9 Å². The third-order valence-electron chi connectivity index (χ3n) is 15.2. The highest BCUT2D eigenvalue weighted by Gasteiger charge is 2.72. The first kappa shape index (κ1) is 32.8. The van der Waals surface area contributed by atoms with Crippen LogP contribution in [-0.2, 0) is 19.1 Å². The van der Waals surface area contributed by atoms with Crippen LogP contribution in [0.25, 0.3) is 0 Å². The predicted molar refractivity (Wildman–Crippen MR) is 167 cm³/mol. The highest BCUT2D eigenvalue weighted by Crippen LogP contribution is 2.77. The van der Waals surface area contributed by atoms with Crippen molar-refractivity contribution in [1.82, 2.24) is 0 Å². The molecule has 0 spiro atoms. The van der Waals surface area contributed by atoms with Crippen LogP contribution in [0.2, 0.25) is 0 Å². The van der Waals surface area contributed by atoms with Crippen LogP contribution in [0.5, 0.6) is 0 Å². The lowest BCUT2D eigenvalue weighted by atomic mass is 9.32. The van der Waals surface area contributed by atoms with E-state index >= 15 is 0 Å². The first-order valence-electron chi connectivity index (χ1n) is 17.4. The third kappa shape index (κ3) is 4.80. The van der Waals surface area contributed by atoms with Crippen LogP contribution in [0.15, 0.2) is 0 Å². The fourth-order valence-corrected chi connectivity index (χ4v) is 13.0. The number of fused-ring (bicyclic) bond motifs is 7. The lowest BCUT2D eigenvalue weighted by molar-refractivity contribution is -0.252. The van der Waals surface area contributed by atoms with Gasteiger partial charge in [-0.3, -0.25) is 14.4 Å². The van der Waals surface area contributed by atoms with Gasteiger partial charge >= 0.3 is 17.9 Å². The molecule has 0 saturated heterocycles. The van der Waals surface area contributed by atoms with E-state index in [0.29, 0.717) is 29.6 Å². The van der Waals surface area contributed by atoms with E-state index in [9.17, 15) is 24.6 Å². The Balaban J connectivity index is 1.40. The Bertz CT molecular complexity index is 1140. The molecule has 5 rings (SSSR count). The quantitative estimate of drug-likeness (QED) is 0.284.